The molecule has 0 radical (unpaired) electrons. The molecule has 1 aromatic carbocycles. The van der Waals surface area contributed by atoms with Crippen LogP contribution < -0.4 is 5.73 Å². The molecule has 0 aliphatic heterocycles. The van der Waals surface area contributed by atoms with Crippen LogP contribution in [0, 0.1) is 6.92 Å². The van der Waals surface area contributed by atoms with Gasteiger partial charge in [-0.25, -0.2) is 4.79 Å². The summed E-state index contributed by atoms with van der Waals surface area (Å²) in [4.78, 5) is 12.1. The minimum atomic E-state index is -0.339. The molecule has 0 saturated carbocycles. The average Bonchev–Trinajstić information content (AvgIpc) is 2.87. The van der Waals surface area contributed by atoms with Gasteiger partial charge < -0.3 is 10.5 Å². The van der Waals surface area contributed by atoms with Crippen molar-refractivity contribution in [3.63, 3.8) is 0 Å². The summed E-state index contributed by atoms with van der Waals surface area (Å²) < 4.78 is 7.26. The van der Waals surface area contributed by atoms with E-state index in [1.807, 2.05) is 24.6 Å². The van der Waals surface area contributed by atoms with E-state index in [9.17, 15) is 4.79 Å². The summed E-state index contributed by atoms with van der Waals surface area (Å²) in [5.41, 5.74) is 9.61. The Morgan fingerprint density at radius 1 is 1.33 bits per heavy atom. The molecule has 112 valence electrons. The molecule has 0 atom stereocenters. The molecule has 2 N–H and O–H groups in total. The smallest absolute Gasteiger partial charge is 0.338 e. The van der Waals surface area contributed by atoms with Gasteiger partial charge in [-0.2, -0.15) is 5.10 Å². The number of nitrogens with zero attached hydrogens (tertiary/aromatic N) is 2. The van der Waals surface area contributed by atoms with Crippen LogP contribution in [0.1, 0.15) is 41.2 Å². The summed E-state index contributed by atoms with van der Waals surface area (Å²) in [5.74, 6) is -0.339. The Morgan fingerprint density at radius 2 is 2.10 bits per heavy atom. The molecular weight excluding hydrogens is 266 g/mol. The van der Waals surface area contributed by atoms with Gasteiger partial charge >= 0.3 is 5.97 Å². The van der Waals surface area contributed by atoms with Crippen molar-refractivity contribution >= 4 is 11.7 Å². The normalized spacial score (nSPS) is 10.6. The maximum atomic E-state index is 12.1. The highest BCUT2D eigenvalue weighted by Crippen LogP contribution is 2.15. The third-order valence-corrected chi connectivity index (χ3v) is 3.40. The molecule has 2 rings (SSSR count). The number of aryl methyl sites for hydroxylation is 3. The summed E-state index contributed by atoms with van der Waals surface area (Å²) in [6.07, 6.45) is 0.866. The lowest BCUT2D eigenvalue weighted by atomic mass is 10.1. The molecule has 0 spiro atoms. The van der Waals surface area contributed by atoms with Crippen molar-refractivity contribution in [3.05, 3.63) is 46.8 Å². The van der Waals surface area contributed by atoms with Gasteiger partial charge in [-0.15, -0.1) is 0 Å². The Kier molecular flexibility index (Phi) is 4.62. The molecule has 0 saturated heterocycles. The van der Waals surface area contributed by atoms with Crippen LogP contribution in [0.5, 0.6) is 0 Å². The lowest BCUT2D eigenvalue weighted by Crippen LogP contribution is -2.10. The molecule has 5 heteroatoms. The number of rotatable bonds is 5. The molecule has 0 bridgehead atoms. The van der Waals surface area contributed by atoms with Crippen LogP contribution in [0.25, 0.3) is 0 Å². The molecule has 0 fully saturated rings. The molecule has 0 aliphatic carbocycles. The fraction of sp³-hybridized carbons (Fsp3) is 0.375. The predicted octanol–water partition coefficient (Wildman–Crippen LogP) is 2.71. The van der Waals surface area contributed by atoms with Crippen LogP contribution in [-0.4, -0.2) is 15.7 Å². The zero-order valence-electron chi connectivity index (χ0n) is 12.7. The minimum absolute atomic E-state index is 0.226. The maximum Gasteiger partial charge on any atom is 0.338 e. The fourth-order valence-corrected chi connectivity index (χ4v) is 2.21. The standard InChI is InChI=1S/C16H21N3O2/c1-4-13-9-14(19(5-2)18-13)10-21-16(20)15-7-6-12(17)8-11(15)3/h6-9H,4-5,10,17H2,1-3H3. The second-order valence-electron chi connectivity index (χ2n) is 4.95. The number of anilines is 1. The Labute approximate surface area is 124 Å². The van der Waals surface area contributed by atoms with Gasteiger partial charge in [-0.05, 0) is 50.1 Å². The van der Waals surface area contributed by atoms with Gasteiger partial charge in [-0.3, -0.25) is 4.68 Å². The van der Waals surface area contributed by atoms with Crippen molar-refractivity contribution in [1.29, 1.82) is 0 Å². The first kappa shape index (κ1) is 15.1. The van der Waals surface area contributed by atoms with Gasteiger partial charge in [-0.1, -0.05) is 6.92 Å². The second-order valence-corrected chi connectivity index (χ2v) is 4.95. The minimum Gasteiger partial charge on any atom is -0.456 e. The summed E-state index contributed by atoms with van der Waals surface area (Å²) >= 11 is 0. The van der Waals surface area contributed by atoms with Gasteiger partial charge in [0.1, 0.15) is 6.61 Å². The Bertz CT molecular complexity index is 647. The van der Waals surface area contributed by atoms with Crippen LogP contribution in [-0.2, 0) is 24.3 Å². The van der Waals surface area contributed by atoms with Gasteiger partial charge in [0.2, 0.25) is 0 Å². The average molecular weight is 287 g/mol. The second kappa shape index (κ2) is 6.43. The van der Waals surface area contributed by atoms with Crippen LogP contribution >= 0.6 is 0 Å². The van der Waals surface area contributed by atoms with Gasteiger partial charge in [0.15, 0.2) is 0 Å². The van der Waals surface area contributed by atoms with Crippen molar-refractivity contribution in [3.8, 4) is 0 Å². The summed E-state index contributed by atoms with van der Waals surface area (Å²) in [7, 11) is 0. The number of nitrogen functional groups attached to an aromatic ring is 1. The highest BCUT2D eigenvalue weighted by molar-refractivity contribution is 5.91. The number of benzene rings is 1. The molecule has 2 aromatic rings. The van der Waals surface area contributed by atoms with Gasteiger partial charge in [0.05, 0.1) is 17.0 Å². The van der Waals surface area contributed by atoms with E-state index in [0.717, 1.165) is 29.9 Å². The fourth-order valence-electron chi connectivity index (χ4n) is 2.21. The number of carbonyl (C=O) groups excluding carboxylic acids is 1. The van der Waals surface area contributed by atoms with Crippen LogP contribution in [0.3, 0.4) is 0 Å². The number of aromatic nitrogens is 2. The van der Waals surface area contributed by atoms with Crippen LogP contribution in [0.4, 0.5) is 5.69 Å². The van der Waals surface area contributed by atoms with Crippen molar-refractivity contribution in [2.75, 3.05) is 5.73 Å². The molecule has 0 unspecified atom stereocenters. The number of hydrogen-bond acceptors (Lipinski definition) is 4. The molecule has 0 amide bonds. The molecule has 0 aliphatic rings. The third-order valence-electron chi connectivity index (χ3n) is 3.40. The zero-order chi connectivity index (χ0) is 15.4. The first-order valence-corrected chi connectivity index (χ1v) is 7.14. The van der Waals surface area contributed by atoms with E-state index in [0.29, 0.717) is 11.3 Å². The number of ether oxygens (including phenoxy) is 1. The zero-order valence-corrected chi connectivity index (χ0v) is 12.7. The number of carbonyl (C=O) groups is 1. The maximum absolute atomic E-state index is 12.1. The van der Waals surface area contributed by atoms with E-state index in [-0.39, 0.29) is 12.6 Å². The van der Waals surface area contributed by atoms with Crippen molar-refractivity contribution in [2.45, 2.75) is 40.3 Å². The van der Waals surface area contributed by atoms with E-state index in [1.165, 1.54) is 0 Å². The van der Waals surface area contributed by atoms with E-state index in [2.05, 4.69) is 12.0 Å². The Balaban J connectivity index is 2.08. The lowest BCUT2D eigenvalue weighted by Gasteiger charge is -2.08. The summed E-state index contributed by atoms with van der Waals surface area (Å²) in [5, 5.41) is 4.44. The number of esters is 1. The first-order valence-electron chi connectivity index (χ1n) is 7.14. The van der Waals surface area contributed by atoms with Crippen molar-refractivity contribution < 1.29 is 9.53 Å². The van der Waals surface area contributed by atoms with Gasteiger partial charge in [0, 0.05) is 12.2 Å². The SMILES string of the molecule is CCc1cc(COC(=O)c2ccc(N)cc2C)n(CC)n1. The van der Waals surface area contributed by atoms with Crippen molar-refractivity contribution in [2.24, 2.45) is 0 Å². The summed E-state index contributed by atoms with van der Waals surface area (Å²) in [6, 6.07) is 7.14. The molecule has 5 nitrogen and oxygen atoms in total. The Morgan fingerprint density at radius 3 is 2.71 bits per heavy atom. The first-order chi connectivity index (χ1) is 10.0. The largest absolute Gasteiger partial charge is 0.456 e. The number of hydrogen-bond donors (Lipinski definition) is 1. The monoisotopic (exact) mass is 287 g/mol. The molecule has 1 aromatic heterocycles. The lowest BCUT2D eigenvalue weighted by molar-refractivity contribution is 0.0461. The van der Waals surface area contributed by atoms with Crippen molar-refractivity contribution in [1.82, 2.24) is 9.78 Å². The van der Waals surface area contributed by atoms with E-state index in [1.54, 1.807) is 18.2 Å². The Hall–Kier alpha value is -2.30. The number of nitrogens with two attached hydrogens (primary N) is 1. The summed E-state index contributed by atoms with van der Waals surface area (Å²) in [6.45, 7) is 6.90. The van der Waals surface area contributed by atoms with Crippen LogP contribution in [0.15, 0.2) is 24.3 Å². The molecular formula is C16H21N3O2. The molecule has 1 heterocycles. The highest BCUT2D eigenvalue weighted by Gasteiger charge is 2.13. The predicted molar refractivity (Wildman–Crippen MR) is 82.0 cm³/mol. The highest BCUT2D eigenvalue weighted by atomic mass is 16.5. The van der Waals surface area contributed by atoms with E-state index in [4.69, 9.17) is 10.5 Å². The third kappa shape index (κ3) is 3.42. The van der Waals surface area contributed by atoms with Gasteiger partial charge in [0.25, 0.3) is 0 Å². The quantitative estimate of drug-likeness (QED) is 0.678. The van der Waals surface area contributed by atoms with E-state index < -0.39 is 0 Å². The topological polar surface area (TPSA) is 70.1 Å². The van der Waals surface area contributed by atoms with E-state index >= 15 is 0 Å². The van der Waals surface area contributed by atoms with Crippen LogP contribution in [0.2, 0.25) is 0 Å². The molecule has 21 heavy (non-hydrogen) atoms.